The first-order chi connectivity index (χ1) is 13.5. The molecule has 6 nitrogen and oxygen atoms in total. The second kappa shape index (κ2) is 8.23. The molecular weight excluding hydrogens is 399 g/mol. The van der Waals surface area contributed by atoms with Gasteiger partial charge in [0.1, 0.15) is 27.8 Å². The Hall–Kier alpha value is -1.89. The summed E-state index contributed by atoms with van der Waals surface area (Å²) in [7, 11) is 2.20. The van der Waals surface area contributed by atoms with Crippen LogP contribution in [-0.2, 0) is 11.2 Å². The number of hydrogen-bond acceptors (Lipinski definition) is 5. The minimum Gasteiger partial charge on any atom is -0.489 e. The Morgan fingerprint density at radius 2 is 1.96 bits per heavy atom. The molecule has 2 atom stereocenters. The predicted octanol–water partition coefficient (Wildman–Crippen LogP) is 3.97. The summed E-state index contributed by atoms with van der Waals surface area (Å²) < 4.78 is 6.19. The average Bonchev–Trinajstić information content (AvgIpc) is 2.88. The summed E-state index contributed by atoms with van der Waals surface area (Å²) in [5.41, 5.74) is 0.772. The van der Waals surface area contributed by atoms with Gasteiger partial charge in [-0.25, -0.2) is 9.97 Å². The lowest BCUT2D eigenvalue weighted by atomic mass is 10.0. The Morgan fingerprint density at radius 3 is 2.64 bits per heavy atom. The number of aromatic nitrogens is 2. The fourth-order valence-electron chi connectivity index (χ4n) is 4.10. The van der Waals surface area contributed by atoms with Gasteiger partial charge in [0.2, 0.25) is 5.91 Å². The van der Waals surface area contributed by atoms with Crippen LogP contribution in [-0.4, -0.2) is 46.0 Å². The molecule has 0 spiro atoms. The summed E-state index contributed by atoms with van der Waals surface area (Å²) in [6.45, 7) is 0. The summed E-state index contributed by atoms with van der Waals surface area (Å²) in [6, 6.07) is 6.28. The van der Waals surface area contributed by atoms with Crippen LogP contribution in [0.3, 0.4) is 0 Å². The summed E-state index contributed by atoms with van der Waals surface area (Å²) in [4.78, 5) is 22.9. The molecule has 2 aliphatic rings. The van der Waals surface area contributed by atoms with Crippen LogP contribution in [0.1, 0.15) is 31.2 Å². The minimum absolute atomic E-state index is 0.136. The number of rotatable bonds is 5. The Balaban J connectivity index is 1.39. The molecule has 2 bridgehead atoms. The van der Waals surface area contributed by atoms with Gasteiger partial charge in [0, 0.05) is 24.3 Å². The van der Waals surface area contributed by atoms with Crippen molar-refractivity contribution in [1.29, 1.82) is 0 Å². The fourth-order valence-corrected chi connectivity index (χ4v) is 4.36. The van der Waals surface area contributed by atoms with Gasteiger partial charge in [-0.1, -0.05) is 29.3 Å². The highest BCUT2D eigenvalue weighted by Gasteiger charge is 2.39. The molecular formula is C20H22Cl2N4O2. The third-order valence-corrected chi connectivity index (χ3v) is 6.10. The van der Waals surface area contributed by atoms with E-state index in [4.69, 9.17) is 27.9 Å². The number of nitrogens with zero attached hydrogens (tertiary/aromatic N) is 3. The maximum Gasteiger partial charge on any atom is 0.230 e. The van der Waals surface area contributed by atoms with Crippen LogP contribution in [0.15, 0.2) is 30.6 Å². The van der Waals surface area contributed by atoms with Crippen molar-refractivity contribution < 1.29 is 9.53 Å². The van der Waals surface area contributed by atoms with Crippen LogP contribution in [0.4, 0.5) is 5.82 Å². The molecule has 0 aromatic carbocycles. The first kappa shape index (κ1) is 19.4. The number of piperidine rings is 1. The van der Waals surface area contributed by atoms with Gasteiger partial charge in [-0.05, 0) is 44.4 Å². The fraction of sp³-hybridized carbons (Fsp3) is 0.450. The quantitative estimate of drug-likeness (QED) is 0.741. The van der Waals surface area contributed by atoms with Gasteiger partial charge >= 0.3 is 0 Å². The van der Waals surface area contributed by atoms with Gasteiger partial charge in [0.25, 0.3) is 0 Å². The molecule has 4 heterocycles. The number of anilines is 1. The van der Waals surface area contributed by atoms with Crippen molar-refractivity contribution >= 4 is 34.9 Å². The SMILES string of the molecule is CN1C2CCC1CC(Oc1cc(NC(=O)Cc3ccc(Cl)nc3)ncc1Cl)C2. The van der Waals surface area contributed by atoms with Crippen molar-refractivity contribution in [3.05, 3.63) is 46.3 Å². The highest BCUT2D eigenvalue weighted by molar-refractivity contribution is 6.32. The Bertz CT molecular complexity index is 848. The van der Waals surface area contributed by atoms with E-state index in [0.29, 0.717) is 33.8 Å². The molecule has 2 fully saturated rings. The van der Waals surface area contributed by atoms with E-state index in [0.717, 1.165) is 18.4 Å². The van der Waals surface area contributed by atoms with Gasteiger partial charge in [-0.15, -0.1) is 0 Å². The molecule has 2 aliphatic heterocycles. The van der Waals surface area contributed by atoms with E-state index in [2.05, 4.69) is 27.2 Å². The number of pyridine rings is 2. The van der Waals surface area contributed by atoms with Crippen molar-refractivity contribution in [3.63, 3.8) is 0 Å². The number of ether oxygens (including phenoxy) is 1. The number of amides is 1. The van der Waals surface area contributed by atoms with E-state index in [1.54, 1.807) is 24.4 Å². The molecule has 2 unspecified atom stereocenters. The van der Waals surface area contributed by atoms with Crippen LogP contribution in [0.25, 0.3) is 0 Å². The van der Waals surface area contributed by atoms with E-state index in [-0.39, 0.29) is 18.4 Å². The number of fused-ring (bicyclic) bond motifs is 2. The van der Waals surface area contributed by atoms with Gasteiger partial charge in [0.15, 0.2) is 0 Å². The van der Waals surface area contributed by atoms with Gasteiger partial charge in [-0.2, -0.15) is 0 Å². The van der Waals surface area contributed by atoms with Crippen molar-refractivity contribution in [1.82, 2.24) is 14.9 Å². The van der Waals surface area contributed by atoms with E-state index in [9.17, 15) is 4.79 Å². The summed E-state index contributed by atoms with van der Waals surface area (Å²) in [6.07, 6.45) is 7.87. The lowest BCUT2D eigenvalue weighted by molar-refractivity contribution is -0.115. The van der Waals surface area contributed by atoms with E-state index in [1.807, 2.05) is 0 Å². The monoisotopic (exact) mass is 420 g/mol. The molecule has 0 saturated carbocycles. The third kappa shape index (κ3) is 4.40. The zero-order valence-electron chi connectivity index (χ0n) is 15.6. The summed E-state index contributed by atoms with van der Waals surface area (Å²) >= 11 is 12.1. The number of carbonyl (C=O) groups excluding carboxylic acids is 1. The molecule has 1 amide bonds. The highest BCUT2D eigenvalue weighted by Crippen LogP contribution is 2.37. The Labute approximate surface area is 174 Å². The molecule has 2 saturated heterocycles. The smallest absolute Gasteiger partial charge is 0.230 e. The molecule has 2 aromatic rings. The van der Waals surface area contributed by atoms with Gasteiger partial charge < -0.3 is 15.0 Å². The average molecular weight is 421 g/mol. The molecule has 0 radical (unpaired) electrons. The van der Waals surface area contributed by atoms with Gasteiger partial charge in [-0.3, -0.25) is 4.79 Å². The van der Waals surface area contributed by atoms with Crippen LogP contribution < -0.4 is 10.1 Å². The Morgan fingerprint density at radius 1 is 1.21 bits per heavy atom. The van der Waals surface area contributed by atoms with E-state index < -0.39 is 0 Å². The first-order valence-corrected chi connectivity index (χ1v) is 10.2. The van der Waals surface area contributed by atoms with Crippen molar-refractivity contribution in [2.45, 2.75) is 50.3 Å². The molecule has 148 valence electrons. The highest BCUT2D eigenvalue weighted by atomic mass is 35.5. The number of halogens is 2. The molecule has 0 aliphatic carbocycles. The third-order valence-electron chi connectivity index (χ3n) is 5.59. The lowest BCUT2D eigenvalue weighted by Crippen LogP contribution is -2.43. The molecule has 8 heteroatoms. The van der Waals surface area contributed by atoms with Crippen LogP contribution in [0, 0.1) is 0 Å². The number of carbonyl (C=O) groups is 1. The molecule has 28 heavy (non-hydrogen) atoms. The Kier molecular flexibility index (Phi) is 5.71. The van der Waals surface area contributed by atoms with Crippen LogP contribution in [0.2, 0.25) is 10.2 Å². The number of hydrogen-bond donors (Lipinski definition) is 1. The van der Waals surface area contributed by atoms with Crippen molar-refractivity contribution in [2.24, 2.45) is 0 Å². The van der Waals surface area contributed by atoms with Gasteiger partial charge in [0.05, 0.1) is 12.6 Å². The zero-order valence-corrected chi connectivity index (χ0v) is 17.1. The van der Waals surface area contributed by atoms with Crippen LogP contribution >= 0.6 is 23.2 Å². The predicted molar refractivity (Wildman–Crippen MR) is 109 cm³/mol. The minimum atomic E-state index is -0.192. The normalized spacial score (nSPS) is 24.2. The van der Waals surface area contributed by atoms with E-state index >= 15 is 0 Å². The maximum atomic E-state index is 12.3. The van der Waals surface area contributed by atoms with E-state index in [1.165, 1.54) is 19.0 Å². The second-order valence-electron chi connectivity index (χ2n) is 7.48. The lowest BCUT2D eigenvalue weighted by Gasteiger charge is -2.36. The second-order valence-corrected chi connectivity index (χ2v) is 8.27. The van der Waals surface area contributed by atoms with Crippen LogP contribution in [0.5, 0.6) is 5.75 Å². The standard InChI is InChI=1S/C20H22Cl2N4O2/c1-26-13-3-4-14(26)8-15(7-13)28-17-9-19(24-11-16(17)21)25-20(27)6-12-2-5-18(22)23-10-12/h2,5,9-11,13-15H,3-4,6-8H2,1H3,(H,24,25,27). The largest absolute Gasteiger partial charge is 0.489 e. The molecule has 2 aromatic heterocycles. The first-order valence-electron chi connectivity index (χ1n) is 9.42. The summed E-state index contributed by atoms with van der Waals surface area (Å²) in [5.74, 6) is 0.790. The van der Waals surface area contributed by atoms with Crippen molar-refractivity contribution in [3.8, 4) is 5.75 Å². The summed E-state index contributed by atoms with van der Waals surface area (Å²) in [5, 5.41) is 3.64. The maximum absolute atomic E-state index is 12.3. The number of nitrogens with one attached hydrogen (secondary N) is 1. The zero-order chi connectivity index (χ0) is 19.7. The molecule has 4 rings (SSSR count). The molecule has 1 N–H and O–H groups in total. The topological polar surface area (TPSA) is 67.3 Å². The van der Waals surface area contributed by atoms with Crippen molar-refractivity contribution in [2.75, 3.05) is 12.4 Å².